The smallest absolute Gasteiger partial charge is 0.319 e. The number of hydrogen-bond donors (Lipinski definition) is 2. The number of benzene rings is 2. The molecule has 0 aromatic heterocycles. The Morgan fingerprint density at radius 3 is 2.48 bits per heavy atom. The van der Waals surface area contributed by atoms with Gasteiger partial charge in [-0.05, 0) is 55.5 Å². The number of para-hydroxylation sites is 1. The third kappa shape index (κ3) is 4.18. The van der Waals surface area contributed by atoms with E-state index in [9.17, 15) is 4.79 Å². The molecule has 0 saturated carbocycles. The lowest BCUT2D eigenvalue weighted by Gasteiger charge is -2.29. The Morgan fingerprint density at radius 1 is 1.07 bits per heavy atom. The monoisotopic (exact) mass is 368 g/mol. The van der Waals surface area contributed by atoms with Gasteiger partial charge in [-0.15, -0.1) is 0 Å². The molecule has 2 aromatic carbocycles. The van der Waals surface area contributed by atoms with Crippen LogP contribution in [-0.4, -0.2) is 19.2 Å². The van der Waals surface area contributed by atoms with Crippen molar-refractivity contribution in [1.82, 2.24) is 5.32 Å². The van der Waals surface area contributed by atoms with Crippen molar-refractivity contribution in [1.29, 1.82) is 0 Å². The van der Waals surface area contributed by atoms with Gasteiger partial charge in [0.25, 0.3) is 0 Å². The molecule has 1 aliphatic rings. The first-order valence-electron chi connectivity index (χ1n) is 9.37. The summed E-state index contributed by atoms with van der Waals surface area (Å²) in [6.45, 7) is 11.3. The zero-order chi connectivity index (χ0) is 19.6. The highest BCUT2D eigenvalue weighted by atomic mass is 16.6. The number of anilines is 1. The normalized spacial score (nSPS) is 13.4. The lowest BCUT2D eigenvalue weighted by molar-refractivity contribution is 0.171. The number of hydrogen-bond acceptors (Lipinski definition) is 3. The van der Waals surface area contributed by atoms with E-state index >= 15 is 0 Å². The summed E-state index contributed by atoms with van der Waals surface area (Å²) >= 11 is 0. The van der Waals surface area contributed by atoms with Crippen LogP contribution in [0.3, 0.4) is 0 Å². The summed E-state index contributed by atoms with van der Waals surface area (Å²) in [5, 5.41) is 6.12. The molecule has 1 heterocycles. The van der Waals surface area contributed by atoms with E-state index in [0.717, 1.165) is 33.9 Å². The summed E-state index contributed by atoms with van der Waals surface area (Å²) in [7, 11) is 0. The quantitative estimate of drug-likeness (QED) is 0.803. The molecule has 0 aliphatic carbocycles. The maximum atomic E-state index is 12.7. The van der Waals surface area contributed by atoms with Crippen molar-refractivity contribution in [2.45, 2.75) is 46.1 Å². The number of carbonyl (C=O) groups is 1. The zero-order valence-corrected chi connectivity index (χ0v) is 16.7. The van der Waals surface area contributed by atoms with E-state index in [1.165, 1.54) is 0 Å². The van der Waals surface area contributed by atoms with Gasteiger partial charge in [-0.25, -0.2) is 4.79 Å². The second-order valence-corrected chi connectivity index (χ2v) is 7.76. The first-order chi connectivity index (χ1) is 12.8. The molecule has 0 spiro atoms. The minimum Gasteiger partial charge on any atom is -0.486 e. The van der Waals surface area contributed by atoms with Gasteiger partial charge in [0, 0.05) is 5.69 Å². The van der Waals surface area contributed by atoms with Gasteiger partial charge in [-0.2, -0.15) is 0 Å². The molecule has 1 aliphatic heterocycles. The third-order valence-corrected chi connectivity index (χ3v) is 4.86. The Bertz CT molecular complexity index is 843. The largest absolute Gasteiger partial charge is 0.486 e. The van der Waals surface area contributed by atoms with Gasteiger partial charge < -0.3 is 20.1 Å². The Balaban J connectivity index is 1.77. The molecule has 2 N–H and O–H groups in total. The first-order valence-corrected chi connectivity index (χ1v) is 9.37. The van der Waals surface area contributed by atoms with E-state index in [-0.39, 0.29) is 6.03 Å². The lowest BCUT2D eigenvalue weighted by Crippen LogP contribution is -2.43. The van der Waals surface area contributed by atoms with E-state index in [1.807, 2.05) is 51.1 Å². The molecule has 144 valence electrons. The molecule has 2 aromatic rings. The zero-order valence-electron chi connectivity index (χ0n) is 16.7. The predicted octanol–water partition coefficient (Wildman–Crippen LogP) is 4.95. The van der Waals surface area contributed by atoms with Crippen molar-refractivity contribution in [3.8, 4) is 11.5 Å². The highest BCUT2D eigenvalue weighted by molar-refractivity contribution is 5.91. The second-order valence-electron chi connectivity index (χ2n) is 7.76. The van der Waals surface area contributed by atoms with Crippen LogP contribution < -0.4 is 20.1 Å². The molecule has 2 amide bonds. The molecule has 0 fully saturated rings. The van der Waals surface area contributed by atoms with E-state index in [0.29, 0.717) is 19.1 Å². The van der Waals surface area contributed by atoms with Crippen LogP contribution in [0, 0.1) is 6.92 Å². The van der Waals surface area contributed by atoms with Crippen LogP contribution in [0.1, 0.15) is 50.3 Å². The Labute approximate surface area is 161 Å². The summed E-state index contributed by atoms with van der Waals surface area (Å²) in [6.07, 6.45) is 0. The number of ether oxygens (including phenoxy) is 2. The third-order valence-electron chi connectivity index (χ3n) is 4.86. The molecule has 5 heteroatoms. The minimum absolute atomic E-state index is 0.230. The van der Waals surface area contributed by atoms with Crippen molar-refractivity contribution in [3.63, 3.8) is 0 Å². The van der Waals surface area contributed by atoms with E-state index in [1.54, 1.807) is 0 Å². The molecule has 0 saturated heterocycles. The molecule has 5 nitrogen and oxygen atoms in total. The SMILES string of the molecule is Cc1cccc(C(C)C)c1NC(=O)NC(C)(C)c1ccc2c(c1)OCCO2. The van der Waals surface area contributed by atoms with Crippen molar-refractivity contribution in [2.24, 2.45) is 0 Å². The maximum absolute atomic E-state index is 12.7. The average molecular weight is 368 g/mol. The van der Waals surface area contributed by atoms with E-state index in [2.05, 4.69) is 30.5 Å². The molecule has 0 atom stereocenters. The van der Waals surface area contributed by atoms with Crippen molar-refractivity contribution in [3.05, 3.63) is 53.1 Å². The number of fused-ring (bicyclic) bond motifs is 1. The van der Waals surface area contributed by atoms with E-state index < -0.39 is 5.54 Å². The van der Waals surface area contributed by atoms with E-state index in [4.69, 9.17) is 9.47 Å². The molecule has 27 heavy (non-hydrogen) atoms. The highest BCUT2D eigenvalue weighted by Gasteiger charge is 2.26. The van der Waals surface area contributed by atoms with Gasteiger partial charge in [-0.1, -0.05) is 38.1 Å². The van der Waals surface area contributed by atoms with Crippen molar-refractivity contribution >= 4 is 11.7 Å². The minimum atomic E-state index is -0.569. The van der Waals surface area contributed by atoms with Crippen LogP contribution in [-0.2, 0) is 5.54 Å². The van der Waals surface area contributed by atoms with Gasteiger partial charge in [0.2, 0.25) is 0 Å². The molecule has 3 rings (SSSR count). The number of carbonyl (C=O) groups excluding carboxylic acids is 1. The lowest BCUT2D eigenvalue weighted by atomic mass is 9.94. The van der Waals surface area contributed by atoms with Gasteiger partial charge in [0.1, 0.15) is 13.2 Å². The van der Waals surface area contributed by atoms with Gasteiger partial charge >= 0.3 is 6.03 Å². The molecule has 0 bridgehead atoms. The first kappa shape index (κ1) is 19.1. The number of aryl methyl sites for hydroxylation is 1. The Morgan fingerprint density at radius 2 is 1.78 bits per heavy atom. The standard InChI is InChI=1S/C22H28N2O3/c1-14(2)17-8-6-7-15(3)20(17)23-21(25)24-22(4,5)16-9-10-18-19(13-16)27-12-11-26-18/h6-10,13-14H,11-12H2,1-5H3,(H2,23,24,25). The van der Waals surface area contributed by atoms with Gasteiger partial charge in [-0.3, -0.25) is 0 Å². The van der Waals surface area contributed by atoms with Gasteiger partial charge in [0.15, 0.2) is 11.5 Å². The van der Waals surface area contributed by atoms with Crippen LogP contribution >= 0.6 is 0 Å². The van der Waals surface area contributed by atoms with Crippen molar-refractivity contribution in [2.75, 3.05) is 18.5 Å². The summed E-state index contributed by atoms with van der Waals surface area (Å²) < 4.78 is 11.2. The molecular formula is C22H28N2O3. The highest BCUT2D eigenvalue weighted by Crippen LogP contribution is 2.34. The summed E-state index contributed by atoms with van der Waals surface area (Å²) in [5.41, 5.74) is 3.44. The average Bonchev–Trinajstić information content (AvgIpc) is 2.62. The van der Waals surface area contributed by atoms with Crippen LogP contribution in [0.4, 0.5) is 10.5 Å². The fraction of sp³-hybridized carbons (Fsp3) is 0.409. The Kier molecular flexibility index (Phi) is 5.31. The number of urea groups is 1. The number of rotatable bonds is 4. The summed E-state index contributed by atoms with van der Waals surface area (Å²) in [6, 6.07) is 11.6. The van der Waals surface area contributed by atoms with Crippen LogP contribution in [0.15, 0.2) is 36.4 Å². The van der Waals surface area contributed by atoms with Crippen LogP contribution in [0.5, 0.6) is 11.5 Å². The second kappa shape index (κ2) is 7.51. The fourth-order valence-electron chi connectivity index (χ4n) is 3.28. The summed E-state index contributed by atoms with van der Waals surface area (Å²) in [4.78, 5) is 12.7. The predicted molar refractivity (Wildman–Crippen MR) is 108 cm³/mol. The number of amides is 2. The molecule has 0 radical (unpaired) electrons. The maximum Gasteiger partial charge on any atom is 0.319 e. The fourth-order valence-corrected chi connectivity index (χ4v) is 3.28. The Hall–Kier alpha value is -2.69. The molecular weight excluding hydrogens is 340 g/mol. The topological polar surface area (TPSA) is 59.6 Å². The molecule has 0 unspecified atom stereocenters. The summed E-state index contributed by atoms with van der Waals surface area (Å²) in [5.74, 6) is 1.78. The van der Waals surface area contributed by atoms with Crippen molar-refractivity contribution < 1.29 is 14.3 Å². The van der Waals surface area contributed by atoms with Crippen LogP contribution in [0.2, 0.25) is 0 Å². The number of nitrogens with one attached hydrogen (secondary N) is 2. The van der Waals surface area contributed by atoms with Gasteiger partial charge in [0.05, 0.1) is 5.54 Å². The van der Waals surface area contributed by atoms with Crippen LogP contribution in [0.25, 0.3) is 0 Å².